The largest absolute Gasteiger partial charge is 0.390 e. The maximum absolute atomic E-state index is 11.7. The average molecular weight is 247 g/mol. The molecule has 5 heteroatoms. The van der Waals surface area contributed by atoms with Crippen LogP contribution in [0.1, 0.15) is 39.0 Å². The van der Waals surface area contributed by atoms with Crippen LogP contribution in [0.5, 0.6) is 0 Å². The second-order valence-corrected chi connectivity index (χ2v) is 7.29. The Morgan fingerprint density at radius 2 is 1.88 bits per heavy atom. The van der Waals surface area contributed by atoms with Crippen molar-refractivity contribution in [2.45, 2.75) is 44.6 Å². The van der Waals surface area contributed by atoms with Crippen molar-refractivity contribution in [3.05, 3.63) is 0 Å². The third kappa shape index (κ3) is 2.13. The van der Waals surface area contributed by atoms with Gasteiger partial charge in [0.15, 0.2) is 0 Å². The van der Waals surface area contributed by atoms with Gasteiger partial charge in [0.05, 0.1) is 11.4 Å². The maximum Gasteiger partial charge on any atom is 0.213 e. The van der Waals surface area contributed by atoms with E-state index in [2.05, 4.69) is 0 Å². The summed E-state index contributed by atoms with van der Waals surface area (Å²) >= 11 is 0. The highest BCUT2D eigenvalue weighted by molar-refractivity contribution is 7.89. The van der Waals surface area contributed by atoms with Crippen molar-refractivity contribution in [3.63, 3.8) is 0 Å². The van der Waals surface area contributed by atoms with Gasteiger partial charge < -0.3 is 5.11 Å². The number of aliphatic hydroxyl groups is 1. The van der Waals surface area contributed by atoms with E-state index in [9.17, 15) is 13.5 Å². The Morgan fingerprint density at radius 1 is 1.31 bits per heavy atom. The minimum absolute atomic E-state index is 0.162. The summed E-state index contributed by atoms with van der Waals surface area (Å²) in [5.41, 5.74) is -0.585. The molecule has 1 N–H and O–H groups in total. The number of hydrogen-bond acceptors (Lipinski definition) is 3. The standard InChI is InChI=1S/C11H21NO3S/c1-2-16(14,15)12-8-6-11(13,7-9-12)10-4-3-5-10/h10,13H,2-9H2,1H3. The highest BCUT2D eigenvalue weighted by atomic mass is 32.2. The van der Waals surface area contributed by atoms with Gasteiger partial charge in [0.1, 0.15) is 0 Å². The highest BCUT2D eigenvalue weighted by Gasteiger charge is 2.43. The lowest BCUT2D eigenvalue weighted by molar-refractivity contribution is -0.0813. The molecule has 16 heavy (non-hydrogen) atoms. The fraction of sp³-hybridized carbons (Fsp3) is 1.00. The number of hydrogen-bond donors (Lipinski definition) is 1. The van der Waals surface area contributed by atoms with Crippen LogP contribution in [0.25, 0.3) is 0 Å². The van der Waals surface area contributed by atoms with E-state index in [1.807, 2.05) is 0 Å². The minimum atomic E-state index is -3.06. The summed E-state index contributed by atoms with van der Waals surface area (Å²) in [5.74, 6) is 0.577. The molecule has 0 aromatic heterocycles. The first-order valence-corrected chi connectivity index (χ1v) is 7.79. The van der Waals surface area contributed by atoms with E-state index in [1.54, 1.807) is 6.92 Å². The van der Waals surface area contributed by atoms with E-state index in [4.69, 9.17) is 0 Å². The van der Waals surface area contributed by atoms with Crippen LogP contribution in [-0.2, 0) is 10.0 Å². The monoisotopic (exact) mass is 247 g/mol. The van der Waals surface area contributed by atoms with Crippen molar-refractivity contribution in [1.82, 2.24) is 4.31 Å². The number of sulfonamides is 1. The van der Waals surface area contributed by atoms with Crippen LogP contribution < -0.4 is 0 Å². The van der Waals surface area contributed by atoms with Crippen LogP contribution in [0, 0.1) is 5.92 Å². The maximum atomic E-state index is 11.7. The van der Waals surface area contributed by atoms with Crippen LogP contribution in [0.4, 0.5) is 0 Å². The van der Waals surface area contributed by atoms with Gasteiger partial charge in [0.2, 0.25) is 10.0 Å². The molecular formula is C11H21NO3S. The Labute approximate surface area is 97.7 Å². The molecule has 0 amide bonds. The SMILES string of the molecule is CCS(=O)(=O)N1CCC(O)(C2CCC2)CC1. The fourth-order valence-electron chi connectivity index (χ4n) is 2.69. The first-order valence-electron chi connectivity index (χ1n) is 6.18. The summed E-state index contributed by atoms with van der Waals surface area (Å²) in [6.07, 6.45) is 4.64. The van der Waals surface area contributed by atoms with Gasteiger partial charge in [-0.2, -0.15) is 0 Å². The smallest absolute Gasteiger partial charge is 0.213 e. The zero-order valence-corrected chi connectivity index (χ0v) is 10.7. The molecule has 0 bridgehead atoms. The van der Waals surface area contributed by atoms with Crippen molar-refractivity contribution in [3.8, 4) is 0 Å². The Hall–Kier alpha value is -0.130. The molecule has 1 aliphatic carbocycles. The van der Waals surface area contributed by atoms with Crippen molar-refractivity contribution in [2.75, 3.05) is 18.8 Å². The molecule has 0 spiro atoms. The Kier molecular flexibility index (Phi) is 3.29. The lowest BCUT2D eigenvalue weighted by atomic mass is 9.69. The van der Waals surface area contributed by atoms with Crippen LogP contribution in [-0.4, -0.2) is 42.3 Å². The van der Waals surface area contributed by atoms with Crippen molar-refractivity contribution in [2.24, 2.45) is 5.92 Å². The third-order valence-corrected chi connectivity index (χ3v) is 6.09. The summed E-state index contributed by atoms with van der Waals surface area (Å²) in [5, 5.41) is 10.4. The lowest BCUT2D eigenvalue weighted by Gasteiger charge is -2.46. The fourth-order valence-corrected chi connectivity index (χ4v) is 3.79. The van der Waals surface area contributed by atoms with Gasteiger partial charge in [-0.25, -0.2) is 12.7 Å². The van der Waals surface area contributed by atoms with Crippen LogP contribution >= 0.6 is 0 Å². The third-order valence-electron chi connectivity index (χ3n) is 4.21. The molecule has 1 heterocycles. The zero-order valence-electron chi connectivity index (χ0n) is 9.85. The molecular weight excluding hydrogens is 226 g/mol. The predicted octanol–water partition coefficient (Wildman–Crippen LogP) is 0.963. The van der Waals surface area contributed by atoms with E-state index in [0.717, 1.165) is 12.8 Å². The highest BCUT2D eigenvalue weighted by Crippen LogP contribution is 2.42. The Balaban J connectivity index is 1.96. The van der Waals surface area contributed by atoms with Crippen LogP contribution in [0.2, 0.25) is 0 Å². The van der Waals surface area contributed by atoms with E-state index >= 15 is 0 Å². The van der Waals surface area contributed by atoms with Crippen molar-refractivity contribution < 1.29 is 13.5 Å². The molecule has 0 unspecified atom stereocenters. The van der Waals surface area contributed by atoms with Gasteiger partial charge in [-0.3, -0.25) is 0 Å². The normalized spacial score (nSPS) is 27.6. The van der Waals surface area contributed by atoms with Crippen molar-refractivity contribution in [1.29, 1.82) is 0 Å². The first kappa shape index (κ1) is 12.3. The molecule has 0 aromatic carbocycles. The predicted molar refractivity (Wildman–Crippen MR) is 62.6 cm³/mol. The van der Waals surface area contributed by atoms with Crippen LogP contribution in [0.15, 0.2) is 0 Å². The van der Waals surface area contributed by atoms with E-state index in [1.165, 1.54) is 10.7 Å². The molecule has 1 saturated heterocycles. The lowest BCUT2D eigenvalue weighted by Crippen LogP contribution is -2.52. The molecule has 0 radical (unpaired) electrons. The second kappa shape index (κ2) is 4.27. The molecule has 4 nitrogen and oxygen atoms in total. The number of rotatable bonds is 3. The Bertz CT molecular complexity index is 340. The quantitative estimate of drug-likeness (QED) is 0.808. The van der Waals surface area contributed by atoms with Gasteiger partial charge in [-0.1, -0.05) is 6.42 Å². The molecule has 1 saturated carbocycles. The number of piperidine rings is 1. The van der Waals surface area contributed by atoms with E-state index < -0.39 is 15.6 Å². The molecule has 2 rings (SSSR count). The van der Waals surface area contributed by atoms with Crippen molar-refractivity contribution >= 4 is 10.0 Å². The average Bonchev–Trinajstić information content (AvgIpc) is 2.15. The molecule has 0 aromatic rings. The Morgan fingerprint density at radius 3 is 2.25 bits per heavy atom. The summed E-state index contributed by atoms with van der Waals surface area (Å²) in [6, 6.07) is 0. The summed E-state index contributed by atoms with van der Waals surface area (Å²) < 4.78 is 24.9. The minimum Gasteiger partial charge on any atom is -0.390 e. The van der Waals surface area contributed by atoms with E-state index in [0.29, 0.717) is 31.8 Å². The molecule has 0 atom stereocenters. The topological polar surface area (TPSA) is 57.6 Å². The van der Waals surface area contributed by atoms with Gasteiger partial charge in [-0.15, -0.1) is 0 Å². The first-order chi connectivity index (χ1) is 7.48. The second-order valence-electron chi connectivity index (χ2n) is 5.03. The van der Waals surface area contributed by atoms with Crippen LogP contribution in [0.3, 0.4) is 0 Å². The number of nitrogens with zero attached hydrogens (tertiary/aromatic N) is 1. The molecule has 1 aliphatic heterocycles. The summed E-state index contributed by atoms with van der Waals surface area (Å²) in [6.45, 7) is 2.65. The molecule has 94 valence electrons. The van der Waals surface area contributed by atoms with Gasteiger partial charge in [0, 0.05) is 13.1 Å². The van der Waals surface area contributed by atoms with E-state index in [-0.39, 0.29) is 5.75 Å². The summed E-state index contributed by atoms with van der Waals surface area (Å²) in [7, 11) is -3.06. The molecule has 2 fully saturated rings. The zero-order chi connectivity index (χ0) is 11.8. The van der Waals surface area contributed by atoms with Gasteiger partial charge >= 0.3 is 0 Å². The van der Waals surface area contributed by atoms with Gasteiger partial charge in [-0.05, 0) is 38.5 Å². The molecule has 2 aliphatic rings. The summed E-state index contributed by atoms with van der Waals surface area (Å²) in [4.78, 5) is 0. The van der Waals surface area contributed by atoms with Gasteiger partial charge in [0.25, 0.3) is 0 Å².